The van der Waals surface area contributed by atoms with Gasteiger partial charge in [0, 0.05) is 5.56 Å². The summed E-state index contributed by atoms with van der Waals surface area (Å²) >= 11 is 0. The fourth-order valence-electron chi connectivity index (χ4n) is 1.83. The first-order chi connectivity index (χ1) is 11.0. The van der Waals surface area contributed by atoms with E-state index in [0.717, 1.165) is 12.1 Å². The van der Waals surface area contributed by atoms with Gasteiger partial charge in [-0.1, -0.05) is 24.3 Å². The summed E-state index contributed by atoms with van der Waals surface area (Å²) in [4.78, 5) is 23.9. The van der Waals surface area contributed by atoms with Gasteiger partial charge in [-0.15, -0.1) is 0 Å². The lowest BCUT2D eigenvalue weighted by Gasteiger charge is -2.08. The number of rotatable bonds is 4. The van der Waals surface area contributed by atoms with Crippen molar-refractivity contribution in [1.29, 1.82) is 0 Å². The summed E-state index contributed by atoms with van der Waals surface area (Å²) in [5.74, 6) is -2.60. The van der Waals surface area contributed by atoms with Crippen LogP contribution in [0.4, 0.5) is 4.39 Å². The Morgan fingerprint density at radius 2 is 1.87 bits per heavy atom. The lowest BCUT2D eigenvalue weighted by Crippen LogP contribution is -2.28. The van der Waals surface area contributed by atoms with Crippen molar-refractivity contribution in [2.24, 2.45) is 0 Å². The second kappa shape index (κ2) is 7.22. The van der Waals surface area contributed by atoms with Crippen molar-refractivity contribution in [1.82, 2.24) is 5.32 Å². The molecule has 0 aliphatic carbocycles. The SMILES string of the molecule is COC(=O)/C(=C/c1ccc(F)c(O)c1)NC(=O)c1ccccc1. The number of phenols is 1. The molecule has 2 rings (SSSR count). The van der Waals surface area contributed by atoms with Crippen LogP contribution < -0.4 is 5.32 Å². The number of amides is 1. The summed E-state index contributed by atoms with van der Waals surface area (Å²) < 4.78 is 17.7. The van der Waals surface area contributed by atoms with Gasteiger partial charge in [0.05, 0.1) is 7.11 Å². The molecular formula is C17H14FNO4. The number of phenolic OH excluding ortho intramolecular Hbond substituents is 1. The number of carbonyl (C=O) groups is 2. The van der Waals surface area contributed by atoms with Crippen LogP contribution in [0.3, 0.4) is 0 Å². The highest BCUT2D eigenvalue weighted by Crippen LogP contribution is 2.18. The highest BCUT2D eigenvalue weighted by molar-refractivity contribution is 6.03. The number of methoxy groups -OCH3 is 1. The van der Waals surface area contributed by atoms with Gasteiger partial charge in [0.25, 0.3) is 5.91 Å². The fourth-order valence-corrected chi connectivity index (χ4v) is 1.83. The number of hydrogen-bond donors (Lipinski definition) is 2. The van der Waals surface area contributed by atoms with Crippen LogP contribution in [0.25, 0.3) is 6.08 Å². The molecule has 0 bridgehead atoms. The first-order valence-electron chi connectivity index (χ1n) is 6.66. The average Bonchev–Trinajstić information content (AvgIpc) is 2.57. The number of halogens is 1. The first-order valence-corrected chi connectivity index (χ1v) is 6.66. The molecule has 0 heterocycles. The number of benzene rings is 2. The summed E-state index contributed by atoms with van der Waals surface area (Å²) in [6.45, 7) is 0. The Morgan fingerprint density at radius 1 is 1.17 bits per heavy atom. The van der Waals surface area contributed by atoms with Crippen LogP contribution in [0.2, 0.25) is 0 Å². The summed E-state index contributed by atoms with van der Waals surface area (Å²) in [6, 6.07) is 11.9. The normalized spacial score (nSPS) is 11.0. The van der Waals surface area contributed by atoms with Gasteiger partial charge in [-0.2, -0.15) is 0 Å². The molecule has 0 saturated heterocycles. The van der Waals surface area contributed by atoms with Gasteiger partial charge in [0.1, 0.15) is 5.70 Å². The molecule has 1 amide bonds. The Morgan fingerprint density at radius 3 is 2.48 bits per heavy atom. The average molecular weight is 315 g/mol. The van der Waals surface area contributed by atoms with Gasteiger partial charge < -0.3 is 15.2 Å². The van der Waals surface area contributed by atoms with E-state index in [1.165, 1.54) is 19.3 Å². The molecule has 0 aromatic heterocycles. The lowest BCUT2D eigenvalue weighted by molar-refractivity contribution is -0.136. The third-order valence-corrected chi connectivity index (χ3v) is 2.97. The van der Waals surface area contributed by atoms with E-state index in [-0.39, 0.29) is 5.70 Å². The molecule has 0 atom stereocenters. The van der Waals surface area contributed by atoms with Crippen molar-refractivity contribution < 1.29 is 23.8 Å². The molecule has 5 nitrogen and oxygen atoms in total. The number of carbonyl (C=O) groups excluding carboxylic acids is 2. The van der Waals surface area contributed by atoms with Crippen molar-refractivity contribution in [3.8, 4) is 5.75 Å². The zero-order valence-corrected chi connectivity index (χ0v) is 12.2. The Hall–Kier alpha value is -3.15. The predicted octanol–water partition coefficient (Wildman–Crippen LogP) is 2.48. The predicted molar refractivity (Wildman–Crippen MR) is 82.0 cm³/mol. The van der Waals surface area contributed by atoms with E-state index < -0.39 is 23.4 Å². The minimum atomic E-state index is -0.782. The van der Waals surface area contributed by atoms with Crippen LogP contribution in [0.1, 0.15) is 15.9 Å². The Kier molecular flexibility index (Phi) is 5.09. The van der Waals surface area contributed by atoms with Gasteiger partial charge in [0.2, 0.25) is 0 Å². The molecule has 0 aliphatic heterocycles. The maximum absolute atomic E-state index is 13.1. The van der Waals surface area contributed by atoms with Crippen LogP contribution in [-0.4, -0.2) is 24.1 Å². The molecule has 23 heavy (non-hydrogen) atoms. The smallest absolute Gasteiger partial charge is 0.354 e. The number of esters is 1. The molecule has 0 saturated carbocycles. The minimum Gasteiger partial charge on any atom is -0.505 e. The van der Waals surface area contributed by atoms with E-state index >= 15 is 0 Å². The van der Waals surface area contributed by atoms with Crippen molar-refractivity contribution >= 4 is 18.0 Å². The van der Waals surface area contributed by atoms with Crippen LogP contribution in [0.5, 0.6) is 5.75 Å². The van der Waals surface area contributed by atoms with E-state index in [1.54, 1.807) is 30.3 Å². The summed E-state index contributed by atoms with van der Waals surface area (Å²) in [6.07, 6.45) is 1.28. The number of aromatic hydroxyl groups is 1. The third-order valence-electron chi connectivity index (χ3n) is 2.97. The first kappa shape index (κ1) is 16.2. The lowest BCUT2D eigenvalue weighted by atomic mass is 10.1. The van der Waals surface area contributed by atoms with Gasteiger partial charge in [-0.25, -0.2) is 9.18 Å². The minimum absolute atomic E-state index is 0.132. The van der Waals surface area contributed by atoms with Crippen molar-refractivity contribution in [3.63, 3.8) is 0 Å². The second-order valence-electron chi connectivity index (χ2n) is 4.58. The molecule has 2 N–H and O–H groups in total. The topological polar surface area (TPSA) is 75.6 Å². The maximum atomic E-state index is 13.1. The van der Waals surface area contributed by atoms with Gasteiger partial charge in [0.15, 0.2) is 11.6 Å². The highest BCUT2D eigenvalue weighted by atomic mass is 19.1. The largest absolute Gasteiger partial charge is 0.505 e. The molecule has 0 aliphatic rings. The molecule has 0 radical (unpaired) electrons. The molecule has 0 spiro atoms. The van der Waals surface area contributed by atoms with Crippen LogP contribution in [-0.2, 0) is 9.53 Å². The molecule has 2 aromatic rings. The van der Waals surface area contributed by atoms with Crippen molar-refractivity contribution in [2.45, 2.75) is 0 Å². The van der Waals surface area contributed by atoms with E-state index in [4.69, 9.17) is 0 Å². The molecule has 2 aromatic carbocycles. The Balaban J connectivity index is 2.30. The third kappa shape index (κ3) is 4.16. The van der Waals surface area contributed by atoms with E-state index in [0.29, 0.717) is 11.1 Å². The molecular weight excluding hydrogens is 301 g/mol. The fraction of sp³-hybridized carbons (Fsp3) is 0.0588. The van der Waals surface area contributed by atoms with Crippen LogP contribution in [0.15, 0.2) is 54.2 Å². The van der Waals surface area contributed by atoms with Gasteiger partial charge >= 0.3 is 5.97 Å². The van der Waals surface area contributed by atoms with Crippen molar-refractivity contribution in [2.75, 3.05) is 7.11 Å². The van der Waals surface area contributed by atoms with E-state index in [9.17, 15) is 19.1 Å². The molecule has 6 heteroatoms. The van der Waals surface area contributed by atoms with Crippen molar-refractivity contribution in [3.05, 3.63) is 71.2 Å². The maximum Gasteiger partial charge on any atom is 0.354 e. The van der Waals surface area contributed by atoms with Crippen LogP contribution >= 0.6 is 0 Å². The van der Waals surface area contributed by atoms with Gasteiger partial charge in [-0.05, 0) is 35.9 Å². The second-order valence-corrected chi connectivity index (χ2v) is 4.58. The molecule has 0 fully saturated rings. The summed E-state index contributed by atoms with van der Waals surface area (Å²) in [5.41, 5.74) is 0.564. The molecule has 118 valence electrons. The van der Waals surface area contributed by atoms with Gasteiger partial charge in [-0.3, -0.25) is 4.79 Å². The summed E-state index contributed by atoms with van der Waals surface area (Å²) in [7, 11) is 1.17. The monoisotopic (exact) mass is 315 g/mol. The zero-order valence-electron chi connectivity index (χ0n) is 12.2. The quantitative estimate of drug-likeness (QED) is 0.671. The Labute approximate surface area is 132 Å². The zero-order chi connectivity index (χ0) is 16.8. The van der Waals surface area contributed by atoms with E-state index in [2.05, 4.69) is 10.1 Å². The standard InChI is InChI=1S/C17H14FNO4/c1-23-17(22)14(9-11-7-8-13(18)15(20)10-11)19-16(21)12-5-3-2-4-6-12/h2-10,20H,1H3,(H,19,21)/b14-9-. The highest BCUT2D eigenvalue weighted by Gasteiger charge is 2.15. The Bertz CT molecular complexity index is 756. The number of hydrogen-bond acceptors (Lipinski definition) is 4. The van der Waals surface area contributed by atoms with E-state index in [1.807, 2.05) is 0 Å². The summed E-state index contributed by atoms with van der Waals surface area (Å²) in [5, 5.41) is 11.8. The number of nitrogens with one attached hydrogen (secondary N) is 1. The number of ether oxygens (including phenoxy) is 1. The van der Waals surface area contributed by atoms with Crippen LogP contribution in [0, 0.1) is 5.82 Å². The molecule has 0 unspecified atom stereocenters.